The van der Waals surface area contributed by atoms with Crippen LogP contribution in [0.1, 0.15) is 23.7 Å². The van der Waals surface area contributed by atoms with Gasteiger partial charge in [-0.1, -0.05) is 42.5 Å². The lowest BCUT2D eigenvalue weighted by Gasteiger charge is -2.12. The summed E-state index contributed by atoms with van der Waals surface area (Å²) in [4.78, 5) is 8.24. The maximum atomic E-state index is 4.79. The molecule has 3 N–H and O–H groups in total. The molecule has 6 nitrogen and oxygen atoms in total. The third-order valence-corrected chi connectivity index (χ3v) is 4.79. The Balaban J connectivity index is 1.44. The van der Waals surface area contributed by atoms with Crippen LogP contribution in [-0.2, 0) is 19.6 Å². The second-order valence-electron chi connectivity index (χ2n) is 6.90. The van der Waals surface area contributed by atoms with Crippen LogP contribution in [0.2, 0.25) is 0 Å². The molecule has 2 heterocycles. The van der Waals surface area contributed by atoms with Crippen LogP contribution in [0.15, 0.2) is 78.0 Å². The number of guanidine groups is 1. The molecule has 0 amide bonds. The van der Waals surface area contributed by atoms with Crippen molar-refractivity contribution in [3.8, 4) is 0 Å². The zero-order chi connectivity index (χ0) is 19.9. The van der Waals surface area contributed by atoms with Crippen molar-refractivity contribution in [2.75, 3.05) is 6.54 Å². The van der Waals surface area contributed by atoms with Crippen molar-refractivity contribution in [2.24, 2.45) is 4.99 Å². The zero-order valence-electron chi connectivity index (χ0n) is 16.6. The number of nitrogens with zero attached hydrogens (tertiary/aromatic N) is 3. The fourth-order valence-corrected chi connectivity index (χ4v) is 3.35. The lowest BCUT2D eigenvalue weighted by Crippen LogP contribution is -2.36. The minimum atomic E-state index is 0.611. The predicted octanol–water partition coefficient (Wildman–Crippen LogP) is 3.67. The smallest absolute Gasteiger partial charge is 0.191 e. The Morgan fingerprint density at radius 3 is 2.66 bits per heavy atom. The molecule has 0 bridgehead atoms. The van der Waals surface area contributed by atoms with E-state index in [1.807, 2.05) is 23.0 Å². The highest BCUT2D eigenvalue weighted by atomic mass is 15.3. The summed E-state index contributed by atoms with van der Waals surface area (Å²) in [6.45, 7) is 4.94. The first kappa shape index (κ1) is 18.8. The molecule has 0 fully saturated rings. The number of para-hydroxylation sites is 1. The average molecular weight is 387 g/mol. The molecule has 0 spiro atoms. The van der Waals surface area contributed by atoms with Gasteiger partial charge in [0.1, 0.15) is 0 Å². The molecule has 2 aromatic carbocycles. The minimum absolute atomic E-state index is 0.611. The van der Waals surface area contributed by atoms with E-state index in [1.54, 1.807) is 6.20 Å². The summed E-state index contributed by atoms with van der Waals surface area (Å²) in [6, 6.07) is 20.8. The van der Waals surface area contributed by atoms with Crippen LogP contribution < -0.4 is 10.6 Å². The van der Waals surface area contributed by atoms with Crippen molar-refractivity contribution in [1.29, 1.82) is 0 Å². The Hall–Kier alpha value is -3.54. The number of hydrogen-bond acceptors (Lipinski definition) is 2. The van der Waals surface area contributed by atoms with Gasteiger partial charge in [-0.2, -0.15) is 5.10 Å². The van der Waals surface area contributed by atoms with Gasteiger partial charge < -0.3 is 15.6 Å². The average Bonchev–Trinajstić information content (AvgIpc) is 3.40. The van der Waals surface area contributed by atoms with E-state index in [1.165, 1.54) is 16.5 Å². The zero-order valence-corrected chi connectivity index (χ0v) is 16.6. The quantitative estimate of drug-likeness (QED) is 0.335. The molecule has 0 atom stereocenters. The number of aliphatic imine (C=N–C) groups is 1. The van der Waals surface area contributed by atoms with Gasteiger partial charge in [-0.05, 0) is 41.6 Å². The SMILES string of the molecule is CCNC(=NCc1ccccc1Cn1cccn1)NCc1cc2ccccc2[nH]1. The van der Waals surface area contributed by atoms with Crippen LogP contribution in [0, 0.1) is 0 Å². The third-order valence-electron chi connectivity index (χ3n) is 4.79. The molecule has 148 valence electrons. The van der Waals surface area contributed by atoms with Crippen LogP contribution >= 0.6 is 0 Å². The molecule has 6 heteroatoms. The maximum absolute atomic E-state index is 4.79. The molecule has 0 unspecified atom stereocenters. The van der Waals surface area contributed by atoms with E-state index in [0.29, 0.717) is 13.1 Å². The summed E-state index contributed by atoms with van der Waals surface area (Å²) in [5, 5.41) is 12.3. The highest BCUT2D eigenvalue weighted by Gasteiger charge is 2.05. The van der Waals surface area contributed by atoms with E-state index in [-0.39, 0.29) is 0 Å². The second-order valence-corrected chi connectivity index (χ2v) is 6.90. The molecule has 0 saturated carbocycles. The molecular formula is C23H26N6. The summed E-state index contributed by atoms with van der Waals surface area (Å²) in [5.41, 5.74) is 4.71. The molecule has 0 saturated heterocycles. The molecule has 0 radical (unpaired) electrons. The van der Waals surface area contributed by atoms with Crippen LogP contribution in [0.5, 0.6) is 0 Å². The van der Waals surface area contributed by atoms with Crippen molar-refractivity contribution in [1.82, 2.24) is 25.4 Å². The van der Waals surface area contributed by atoms with Gasteiger partial charge in [0.15, 0.2) is 5.96 Å². The van der Waals surface area contributed by atoms with Crippen molar-refractivity contribution in [3.63, 3.8) is 0 Å². The Kier molecular flexibility index (Phi) is 5.90. The third kappa shape index (κ3) is 4.85. The predicted molar refractivity (Wildman–Crippen MR) is 118 cm³/mol. The fourth-order valence-electron chi connectivity index (χ4n) is 3.35. The minimum Gasteiger partial charge on any atom is -0.357 e. The van der Waals surface area contributed by atoms with Crippen LogP contribution in [-0.4, -0.2) is 27.3 Å². The van der Waals surface area contributed by atoms with Crippen LogP contribution in [0.25, 0.3) is 10.9 Å². The lowest BCUT2D eigenvalue weighted by molar-refractivity contribution is 0.680. The topological polar surface area (TPSA) is 70.0 Å². The number of rotatable bonds is 7. The Labute approximate surface area is 170 Å². The molecule has 29 heavy (non-hydrogen) atoms. The molecule has 0 aliphatic heterocycles. The van der Waals surface area contributed by atoms with Gasteiger partial charge in [-0.15, -0.1) is 0 Å². The number of fused-ring (bicyclic) bond motifs is 1. The van der Waals surface area contributed by atoms with E-state index in [2.05, 4.69) is 76.2 Å². The second kappa shape index (κ2) is 9.10. The van der Waals surface area contributed by atoms with Crippen molar-refractivity contribution in [3.05, 3.63) is 89.9 Å². The van der Waals surface area contributed by atoms with E-state index in [0.717, 1.165) is 30.3 Å². The van der Waals surface area contributed by atoms with Gasteiger partial charge in [0.25, 0.3) is 0 Å². The molecule has 0 aliphatic carbocycles. The van der Waals surface area contributed by atoms with E-state index >= 15 is 0 Å². The van der Waals surface area contributed by atoms with Crippen molar-refractivity contribution in [2.45, 2.75) is 26.6 Å². The van der Waals surface area contributed by atoms with Gasteiger partial charge in [0.05, 0.1) is 19.6 Å². The van der Waals surface area contributed by atoms with Crippen LogP contribution in [0.4, 0.5) is 0 Å². The van der Waals surface area contributed by atoms with Gasteiger partial charge in [0, 0.05) is 30.1 Å². The Bertz CT molecular complexity index is 1040. The summed E-state index contributed by atoms with van der Waals surface area (Å²) in [5.74, 6) is 0.806. The number of aromatic amines is 1. The first-order valence-electron chi connectivity index (χ1n) is 9.95. The van der Waals surface area contributed by atoms with Crippen molar-refractivity contribution >= 4 is 16.9 Å². The van der Waals surface area contributed by atoms with Gasteiger partial charge in [-0.3, -0.25) is 4.68 Å². The Morgan fingerprint density at radius 2 is 1.86 bits per heavy atom. The normalized spacial score (nSPS) is 11.7. The molecule has 4 rings (SSSR count). The van der Waals surface area contributed by atoms with E-state index < -0.39 is 0 Å². The monoisotopic (exact) mass is 386 g/mol. The summed E-state index contributed by atoms with van der Waals surface area (Å²) >= 11 is 0. The van der Waals surface area contributed by atoms with E-state index in [9.17, 15) is 0 Å². The lowest BCUT2D eigenvalue weighted by atomic mass is 10.1. The number of benzene rings is 2. The largest absolute Gasteiger partial charge is 0.357 e. The Morgan fingerprint density at radius 1 is 1.03 bits per heavy atom. The van der Waals surface area contributed by atoms with Crippen LogP contribution in [0.3, 0.4) is 0 Å². The standard InChI is InChI=1S/C23H26N6/c1-2-24-23(26-16-21-14-18-8-5-6-11-22(18)28-21)25-15-19-9-3-4-10-20(19)17-29-13-7-12-27-29/h3-14,28H,2,15-17H2,1H3,(H2,24,25,26). The highest BCUT2D eigenvalue weighted by molar-refractivity contribution is 5.81. The molecular weight excluding hydrogens is 360 g/mol. The summed E-state index contributed by atoms with van der Waals surface area (Å²) in [6.07, 6.45) is 3.78. The summed E-state index contributed by atoms with van der Waals surface area (Å²) < 4.78 is 1.93. The maximum Gasteiger partial charge on any atom is 0.191 e. The fraction of sp³-hybridized carbons (Fsp3) is 0.217. The number of nitrogens with one attached hydrogen (secondary N) is 3. The van der Waals surface area contributed by atoms with Crippen molar-refractivity contribution < 1.29 is 0 Å². The molecule has 0 aliphatic rings. The number of H-pyrrole nitrogens is 1. The van der Waals surface area contributed by atoms with Gasteiger partial charge in [-0.25, -0.2) is 4.99 Å². The first-order valence-corrected chi connectivity index (χ1v) is 9.95. The molecule has 2 aromatic heterocycles. The first-order chi connectivity index (χ1) is 14.3. The van der Waals surface area contributed by atoms with Gasteiger partial charge in [0.2, 0.25) is 0 Å². The number of aromatic nitrogens is 3. The number of hydrogen-bond donors (Lipinski definition) is 3. The summed E-state index contributed by atoms with van der Waals surface area (Å²) in [7, 11) is 0. The van der Waals surface area contributed by atoms with E-state index in [4.69, 9.17) is 4.99 Å². The van der Waals surface area contributed by atoms with Gasteiger partial charge >= 0.3 is 0 Å². The molecule has 4 aromatic rings. The highest BCUT2D eigenvalue weighted by Crippen LogP contribution is 2.14.